The minimum absolute atomic E-state index is 0.0482. The molecule has 0 bridgehead atoms. The second kappa shape index (κ2) is 6.07. The first-order valence-corrected chi connectivity index (χ1v) is 8.46. The van der Waals surface area contributed by atoms with Gasteiger partial charge >= 0.3 is 0 Å². The molecule has 1 heterocycles. The van der Waals surface area contributed by atoms with Crippen LogP contribution in [-0.4, -0.2) is 31.7 Å². The number of hydrogen-bond acceptors (Lipinski definition) is 6. The van der Waals surface area contributed by atoms with Gasteiger partial charge in [-0.3, -0.25) is 13.8 Å². The topological polar surface area (TPSA) is 77.5 Å². The van der Waals surface area contributed by atoms with Crippen LogP contribution in [0.4, 0.5) is 0 Å². The predicted octanol–water partition coefficient (Wildman–Crippen LogP) is 1.55. The first-order chi connectivity index (χ1) is 9.40. The van der Waals surface area contributed by atoms with Crippen molar-refractivity contribution in [2.24, 2.45) is 5.92 Å². The summed E-state index contributed by atoms with van der Waals surface area (Å²) in [7, 11) is -3.89. The Labute approximate surface area is 121 Å². The first kappa shape index (κ1) is 15.2. The summed E-state index contributed by atoms with van der Waals surface area (Å²) >= 11 is 0.968. The molecule has 2 rings (SSSR count). The van der Waals surface area contributed by atoms with Crippen LogP contribution in [0.5, 0.6) is 0 Å². The summed E-state index contributed by atoms with van der Waals surface area (Å²) in [6.45, 7) is 1.57. The number of carbonyl (C=O) groups excluding carboxylic acids is 2. The van der Waals surface area contributed by atoms with Crippen LogP contribution in [0, 0.1) is 12.8 Å². The maximum atomic E-state index is 12.0. The van der Waals surface area contributed by atoms with E-state index in [-0.39, 0.29) is 11.5 Å². The van der Waals surface area contributed by atoms with Gasteiger partial charge in [-0.1, -0.05) is 29.5 Å². The maximum Gasteiger partial charge on any atom is 0.296 e. The van der Waals surface area contributed by atoms with E-state index in [4.69, 9.17) is 4.18 Å². The maximum absolute atomic E-state index is 12.0. The summed E-state index contributed by atoms with van der Waals surface area (Å²) < 4.78 is 28.8. The monoisotopic (exact) mass is 314 g/mol. The van der Waals surface area contributed by atoms with Crippen LogP contribution in [-0.2, 0) is 23.9 Å². The Bertz CT molecular complexity index is 619. The molecule has 1 aromatic rings. The van der Waals surface area contributed by atoms with Crippen molar-refractivity contribution in [3.63, 3.8) is 0 Å². The molecule has 0 amide bonds. The number of hydrogen-bond donors (Lipinski definition) is 0. The van der Waals surface area contributed by atoms with Crippen LogP contribution in [0.25, 0.3) is 0 Å². The Balaban J connectivity index is 2.04. The lowest BCUT2D eigenvalue weighted by Gasteiger charge is -2.18. The van der Waals surface area contributed by atoms with E-state index in [1.165, 1.54) is 12.1 Å². The van der Waals surface area contributed by atoms with Gasteiger partial charge in [0.2, 0.25) is 5.78 Å². The smallest absolute Gasteiger partial charge is 0.289 e. The molecule has 1 aliphatic rings. The van der Waals surface area contributed by atoms with Crippen molar-refractivity contribution in [3.8, 4) is 0 Å². The molecule has 0 aromatic heterocycles. The number of rotatable bonds is 4. The molecule has 0 aliphatic carbocycles. The fourth-order valence-corrected chi connectivity index (χ4v) is 3.61. The largest absolute Gasteiger partial charge is 0.296 e. The molecular formula is C13H14O5S2. The lowest BCUT2D eigenvalue weighted by molar-refractivity contribution is -0.135. The summed E-state index contributed by atoms with van der Waals surface area (Å²) in [5.41, 5.74) is 0.939. The van der Waals surface area contributed by atoms with Gasteiger partial charge in [0.15, 0.2) is 0 Å². The Kier molecular flexibility index (Phi) is 4.62. The van der Waals surface area contributed by atoms with Crippen molar-refractivity contribution in [2.45, 2.75) is 18.2 Å². The molecule has 1 atom stereocenters. The molecule has 1 saturated heterocycles. The Morgan fingerprint density at radius 2 is 1.90 bits per heavy atom. The fraction of sp³-hybridized carbons (Fsp3) is 0.385. The highest BCUT2D eigenvalue weighted by Crippen LogP contribution is 2.23. The number of thioether (sulfide) groups is 1. The van der Waals surface area contributed by atoms with E-state index in [9.17, 15) is 18.0 Å². The minimum atomic E-state index is -3.89. The van der Waals surface area contributed by atoms with Crippen LogP contribution in [0.3, 0.4) is 0 Å². The van der Waals surface area contributed by atoms with E-state index in [0.29, 0.717) is 12.2 Å². The van der Waals surface area contributed by atoms with Gasteiger partial charge in [-0.25, -0.2) is 0 Å². The predicted molar refractivity (Wildman–Crippen MR) is 74.9 cm³/mol. The van der Waals surface area contributed by atoms with Crippen LogP contribution in [0.1, 0.15) is 12.0 Å². The first-order valence-electron chi connectivity index (χ1n) is 6.07. The molecular weight excluding hydrogens is 300 g/mol. The third-order valence-electron chi connectivity index (χ3n) is 3.01. The van der Waals surface area contributed by atoms with E-state index >= 15 is 0 Å². The number of ketones is 1. The standard InChI is InChI=1S/C13H14O5S2/c1-9-2-4-11(5-3-9)20(16,17)18-8-10-6-7-19-13(15)12(10)14/h2-5,10H,6-8H2,1H3. The van der Waals surface area contributed by atoms with E-state index in [1.807, 2.05) is 6.92 Å². The molecule has 20 heavy (non-hydrogen) atoms. The van der Waals surface area contributed by atoms with Gasteiger partial charge in [-0.15, -0.1) is 0 Å². The summed E-state index contributed by atoms with van der Waals surface area (Å²) in [6, 6.07) is 6.24. The molecule has 0 spiro atoms. The summed E-state index contributed by atoms with van der Waals surface area (Å²) in [5.74, 6) is -0.701. The van der Waals surface area contributed by atoms with E-state index in [1.54, 1.807) is 12.1 Å². The minimum Gasteiger partial charge on any atom is -0.289 e. The molecule has 7 heteroatoms. The molecule has 1 unspecified atom stereocenters. The Morgan fingerprint density at radius 1 is 1.25 bits per heavy atom. The lowest BCUT2D eigenvalue weighted by atomic mass is 10.0. The third-order valence-corrected chi connectivity index (χ3v) is 5.20. The van der Waals surface area contributed by atoms with E-state index in [2.05, 4.69) is 0 Å². The van der Waals surface area contributed by atoms with Crippen LogP contribution < -0.4 is 0 Å². The zero-order chi connectivity index (χ0) is 14.8. The van der Waals surface area contributed by atoms with Gasteiger partial charge in [0, 0.05) is 5.75 Å². The van der Waals surface area contributed by atoms with Gasteiger partial charge in [-0.2, -0.15) is 8.42 Å². The highest BCUT2D eigenvalue weighted by atomic mass is 32.2. The third kappa shape index (κ3) is 3.47. The SMILES string of the molecule is Cc1ccc(S(=O)(=O)OCC2CCSC(=O)C2=O)cc1. The van der Waals surface area contributed by atoms with Gasteiger partial charge in [-0.05, 0) is 25.5 Å². The Morgan fingerprint density at radius 3 is 2.55 bits per heavy atom. The zero-order valence-electron chi connectivity index (χ0n) is 10.9. The van der Waals surface area contributed by atoms with E-state index < -0.39 is 26.9 Å². The van der Waals surface area contributed by atoms with Gasteiger partial charge in [0.1, 0.15) is 0 Å². The number of aryl methyl sites for hydroxylation is 1. The molecule has 1 aliphatic heterocycles. The van der Waals surface area contributed by atoms with E-state index in [0.717, 1.165) is 17.3 Å². The van der Waals surface area contributed by atoms with Crippen molar-refractivity contribution in [1.82, 2.24) is 0 Å². The molecule has 0 radical (unpaired) electrons. The van der Waals surface area contributed by atoms with Crippen LogP contribution in [0.2, 0.25) is 0 Å². The van der Waals surface area contributed by atoms with Crippen molar-refractivity contribution < 1.29 is 22.2 Å². The van der Waals surface area contributed by atoms with Crippen molar-refractivity contribution in [2.75, 3.05) is 12.4 Å². The average Bonchev–Trinajstić information content (AvgIpc) is 2.41. The average molecular weight is 314 g/mol. The molecule has 0 saturated carbocycles. The highest BCUT2D eigenvalue weighted by molar-refractivity contribution is 8.15. The molecule has 1 aromatic carbocycles. The van der Waals surface area contributed by atoms with Crippen molar-refractivity contribution >= 4 is 32.8 Å². The molecule has 0 N–H and O–H groups in total. The Hall–Kier alpha value is -1.18. The highest BCUT2D eigenvalue weighted by Gasteiger charge is 2.31. The second-order valence-electron chi connectivity index (χ2n) is 4.54. The number of carbonyl (C=O) groups is 2. The van der Waals surface area contributed by atoms with Crippen LogP contribution >= 0.6 is 11.8 Å². The lowest BCUT2D eigenvalue weighted by Crippen LogP contribution is -2.31. The fourth-order valence-electron chi connectivity index (χ4n) is 1.77. The molecule has 5 nitrogen and oxygen atoms in total. The summed E-state index contributed by atoms with van der Waals surface area (Å²) in [6.07, 6.45) is 0.457. The van der Waals surface area contributed by atoms with Crippen molar-refractivity contribution in [3.05, 3.63) is 29.8 Å². The quantitative estimate of drug-likeness (QED) is 0.620. The zero-order valence-corrected chi connectivity index (χ0v) is 12.5. The van der Waals surface area contributed by atoms with Crippen molar-refractivity contribution in [1.29, 1.82) is 0 Å². The van der Waals surface area contributed by atoms with Gasteiger partial charge in [0.25, 0.3) is 15.2 Å². The normalized spacial score (nSPS) is 20.1. The number of benzene rings is 1. The second-order valence-corrected chi connectivity index (χ2v) is 7.22. The van der Waals surface area contributed by atoms with Crippen LogP contribution in [0.15, 0.2) is 29.2 Å². The molecule has 1 fully saturated rings. The number of Topliss-reactive ketones (excluding diaryl/α,β-unsaturated/α-hetero) is 1. The molecule has 108 valence electrons. The summed E-state index contributed by atoms with van der Waals surface area (Å²) in [5, 5.41) is -0.516. The van der Waals surface area contributed by atoms with Gasteiger partial charge in [0.05, 0.1) is 17.4 Å². The van der Waals surface area contributed by atoms with Gasteiger partial charge < -0.3 is 0 Å². The summed E-state index contributed by atoms with van der Waals surface area (Å²) in [4.78, 5) is 22.9.